The highest BCUT2D eigenvalue weighted by atomic mass is 32.2. The number of hydrogen-bond donors (Lipinski definition) is 2. The molecule has 184 valence electrons. The molecule has 0 saturated carbocycles. The topological polar surface area (TPSA) is 81.1 Å². The molecule has 1 unspecified atom stereocenters. The van der Waals surface area contributed by atoms with Crippen molar-refractivity contribution in [2.75, 3.05) is 23.0 Å². The number of allylic oxidation sites excluding steroid dienone is 1. The van der Waals surface area contributed by atoms with Crippen molar-refractivity contribution in [2.45, 2.75) is 58.2 Å². The molecule has 4 rings (SSSR count). The summed E-state index contributed by atoms with van der Waals surface area (Å²) in [5.74, 6) is 2.25. The van der Waals surface area contributed by atoms with Crippen LogP contribution in [0.15, 0.2) is 65.0 Å². The summed E-state index contributed by atoms with van der Waals surface area (Å²) in [6.45, 7) is 8.82. The van der Waals surface area contributed by atoms with Crippen LogP contribution in [0.25, 0.3) is 0 Å². The molecule has 0 aliphatic carbocycles. The predicted molar refractivity (Wildman–Crippen MR) is 142 cm³/mol. The number of hydrogen-bond acceptors (Lipinski definition) is 6. The normalized spacial score (nSPS) is 14.9. The first-order valence-corrected chi connectivity index (χ1v) is 13.2. The van der Waals surface area contributed by atoms with E-state index in [-0.39, 0.29) is 5.91 Å². The molecular formula is C27H33N5O2S. The maximum Gasteiger partial charge on any atom is 0.255 e. The van der Waals surface area contributed by atoms with Gasteiger partial charge in [0.25, 0.3) is 5.91 Å². The molecule has 3 aromatic rings. The molecular weight excluding hydrogens is 458 g/mol. The van der Waals surface area contributed by atoms with Crippen LogP contribution in [0.2, 0.25) is 0 Å². The number of anilines is 2. The van der Waals surface area contributed by atoms with Gasteiger partial charge >= 0.3 is 0 Å². The zero-order valence-electron chi connectivity index (χ0n) is 20.8. The number of carbonyl (C=O) groups excluding carboxylic acids is 1. The second kappa shape index (κ2) is 11.4. The molecule has 1 amide bonds. The number of ether oxygens (including phenoxy) is 1. The van der Waals surface area contributed by atoms with Gasteiger partial charge in [-0.3, -0.25) is 4.79 Å². The van der Waals surface area contributed by atoms with E-state index >= 15 is 0 Å². The third kappa shape index (κ3) is 5.70. The van der Waals surface area contributed by atoms with E-state index in [0.717, 1.165) is 53.3 Å². The zero-order valence-corrected chi connectivity index (χ0v) is 21.6. The minimum atomic E-state index is -0.413. The van der Waals surface area contributed by atoms with Crippen LogP contribution in [-0.4, -0.2) is 33.0 Å². The third-order valence-electron chi connectivity index (χ3n) is 5.87. The number of nitrogens with zero attached hydrogens (tertiary/aromatic N) is 3. The number of amides is 1. The van der Waals surface area contributed by atoms with Crippen LogP contribution in [0.4, 0.5) is 11.6 Å². The average Bonchev–Trinajstić information content (AvgIpc) is 3.26. The molecule has 1 aromatic heterocycles. The van der Waals surface area contributed by atoms with Gasteiger partial charge in [-0.05, 0) is 56.0 Å². The van der Waals surface area contributed by atoms with E-state index in [0.29, 0.717) is 23.3 Å². The fraction of sp³-hybridized carbons (Fsp3) is 0.370. The molecule has 2 heterocycles. The first kappa shape index (κ1) is 24.9. The Labute approximate surface area is 211 Å². The second-order valence-electron chi connectivity index (χ2n) is 8.62. The molecule has 0 radical (unpaired) electrons. The lowest BCUT2D eigenvalue weighted by Crippen LogP contribution is -2.31. The Balaban J connectivity index is 1.71. The number of thioether (sulfide) groups is 1. The summed E-state index contributed by atoms with van der Waals surface area (Å²) >= 11 is 1.64. The first-order chi connectivity index (χ1) is 17.0. The maximum atomic E-state index is 13.6. The number of carbonyl (C=O) groups is 1. The Hall–Kier alpha value is -3.26. The van der Waals surface area contributed by atoms with Gasteiger partial charge in [0.2, 0.25) is 11.1 Å². The first-order valence-electron chi connectivity index (χ1n) is 12.2. The van der Waals surface area contributed by atoms with Crippen LogP contribution >= 0.6 is 11.8 Å². The number of nitrogens with one attached hydrogen (secondary N) is 2. The van der Waals surface area contributed by atoms with Crippen molar-refractivity contribution in [2.24, 2.45) is 0 Å². The Kier molecular flexibility index (Phi) is 8.13. The molecule has 35 heavy (non-hydrogen) atoms. The quantitative estimate of drug-likeness (QED) is 0.260. The minimum Gasteiger partial charge on any atom is -0.494 e. The summed E-state index contributed by atoms with van der Waals surface area (Å²) in [4.78, 5) is 18.4. The van der Waals surface area contributed by atoms with Gasteiger partial charge in [0.15, 0.2) is 0 Å². The summed E-state index contributed by atoms with van der Waals surface area (Å²) in [5.41, 5.74) is 4.12. The monoisotopic (exact) mass is 491 g/mol. The van der Waals surface area contributed by atoms with Crippen molar-refractivity contribution in [3.8, 4) is 5.75 Å². The van der Waals surface area contributed by atoms with Crippen LogP contribution in [0.1, 0.15) is 57.2 Å². The van der Waals surface area contributed by atoms with Crippen molar-refractivity contribution in [1.82, 2.24) is 14.8 Å². The van der Waals surface area contributed by atoms with Crippen molar-refractivity contribution in [1.29, 1.82) is 0 Å². The SMILES string of the molecule is CCCCSc1nc2n(n1)C(c1ccc(OCCC)cc1)C(C(=O)Nc1ccccc1C)=C(C)N2. The fourth-order valence-electron chi connectivity index (χ4n) is 3.97. The number of rotatable bonds is 10. The molecule has 1 aliphatic rings. The smallest absolute Gasteiger partial charge is 0.255 e. The molecule has 2 aromatic carbocycles. The van der Waals surface area contributed by atoms with E-state index in [2.05, 4.69) is 24.5 Å². The molecule has 7 nitrogen and oxygen atoms in total. The highest BCUT2D eigenvalue weighted by Crippen LogP contribution is 2.37. The molecule has 1 atom stereocenters. The average molecular weight is 492 g/mol. The van der Waals surface area contributed by atoms with Crippen LogP contribution in [-0.2, 0) is 4.79 Å². The van der Waals surface area contributed by atoms with E-state index in [1.54, 1.807) is 11.8 Å². The third-order valence-corrected chi connectivity index (χ3v) is 6.79. The van der Waals surface area contributed by atoms with Gasteiger partial charge < -0.3 is 15.4 Å². The summed E-state index contributed by atoms with van der Waals surface area (Å²) < 4.78 is 7.60. The lowest BCUT2D eigenvalue weighted by molar-refractivity contribution is -0.113. The Bertz CT molecular complexity index is 1200. The molecule has 8 heteroatoms. The van der Waals surface area contributed by atoms with Gasteiger partial charge in [0, 0.05) is 17.1 Å². The van der Waals surface area contributed by atoms with Gasteiger partial charge in [0.1, 0.15) is 11.8 Å². The molecule has 0 fully saturated rings. The van der Waals surface area contributed by atoms with E-state index in [1.807, 2.05) is 67.1 Å². The number of benzene rings is 2. The fourth-order valence-corrected chi connectivity index (χ4v) is 4.88. The standard InChI is InChI=1S/C27H33N5O2S/c1-5-7-17-35-27-30-26-28-19(4)23(25(33)29-22-11-9-8-10-18(22)3)24(32(26)31-27)20-12-14-21(15-13-20)34-16-6-2/h8-15,24H,5-7,16-17H2,1-4H3,(H,29,33)(H,28,30,31). The minimum absolute atomic E-state index is 0.165. The van der Waals surface area contributed by atoms with E-state index < -0.39 is 6.04 Å². The lowest BCUT2D eigenvalue weighted by atomic mass is 9.95. The maximum absolute atomic E-state index is 13.6. The molecule has 0 saturated heterocycles. The van der Waals surface area contributed by atoms with Crippen LogP contribution in [0.3, 0.4) is 0 Å². The zero-order chi connectivity index (χ0) is 24.8. The van der Waals surface area contributed by atoms with Crippen LogP contribution in [0, 0.1) is 6.92 Å². The summed E-state index contributed by atoms with van der Waals surface area (Å²) in [5, 5.41) is 11.9. The van der Waals surface area contributed by atoms with Gasteiger partial charge in [-0.25, -0.2) is 4.68 Å². The molecule has 1 aliphatic heterocycles. The molecule has 2 N–H and O–H groups in total. The molecule has 0 bridgehead atoms. The number of aromatic nitrogens is 3. The highest BCUT2D eigenvalue weighted by Gasteiger charge is 2.34. The van der Waals surface area contributed by atoms with Gasteiger partial charge in [-0.1, -0.05) is 62.4 Å². The lowest BCUT2D eigenvalue weighted by Gasteiger charge is -2.29. The Morgan fingerprint density at radius 1 is 1.11 bits per heavy atom. The Morgan fingerprint density at radius 2 is 1.89 bits per heavy atom. The predicted octanol–water partition coefficient (Wildman–Crippen LogP) is 6.20. The number of fused-ring (bicyclic) bond motifs is 1. The molecule has 0 spiro atoms. The van der Waals surface area contributed by atoms with Crippen LogP contribution < -0.4 is 15.4 Å². The van der Waals surface area contributed by atoms with Gasteiger partial charge in [0.05, 0.1) is 12.2 Å². The largest absolute Gasteiger partial charge is 0.494 e. The number of aryl methyl sites for hydroxylation is 1. The number of unbranched alkanes of at least 4 members (excludes halogenated alkanes) is 1. The van der Waals surface area contributed by atoms with Gasteiger partial charge in [-0.2, -0.15) is 4.98 Å². The van der Waals surface area contributed by atoms with Gasteiger partial charge in [-0.15, -0.1) is 5.10 Å². The van der Waals surface area contributed by atoms with Crippen molar-refractivity contribution in [3.05, 3.63) is 70.9 Å². The number of para-hydroxylation sites is 1. The van der Waals surface area contributed by atoms with Crippen LogP contribution in [0.5, 0.6) is 5.75 Å². The van der Waals surface area contributed by atoms with E-state index in [9.17, 15) is 4.79 Å². The van der Waals surface area contributed by atoms with Crippen molar-refractivity contribution >= 4 is 29.3 Å². The van der Waals surface area contributed by atoms with Crippen molar-refractivity contribution < 1.29 is 9.53 Å². The summed E-state index contributed by atoms with van der Waals surface area (Å²) in [6.07, 6.45) is 3.17. The van der Waals surface area contributed by atoms with E-state index in [4.69, 9.17) is 14.8 Å². The van der Waals surface area contributed by atoms with Crippen molar-refractivity contribution in [3.63, 3.8) is 0 Å². The summed E-state index contributed by atoms with van der Waals surface area (Å²) in [6, 6.07) is 15.3. The second-order valence-corrected chi connectivity index (χ2v) is 9.68. The highest BCUT2D eigenvalue weighted by molar-refractivity contribution is 7.99. The van der Waals surface area contributed by atoms with E-state index in [1.165, 1.54) is 0 Å². The Morgan fingerprint density at radius 3 is 2.60 bits per heavy atom. The summed E-state index contributed by atoms with van der Waals surface area (Å²) in [7, 11) is 0.